The first-order valence-electron chi connectivity index (χ1n) is 5.46. The van der Waals surface area contributed by atoms with Crippen molar-refractivity contribution in [3.8, 4) is 5.75 Å². The standard InChI is InChI=1S/C13H13ClFNO2/c1-8-9(4-11(6-16)18-8)7-17-13-3-2-10(14)5-12(13)15/h2-5H,6-7,16H2,1H3. The third-order valence-corrected chi connectivity index (χ3v) is 2.78. The predicted molar refractivity (Wildman–Crippen MR) is 67.1 cm³/mol. The van der Waals surface area contributed by atoms with Gasteiger partial charge in [0.05, 0.1) is 6.54 Å². The van der Waals surface area contributed by atoms with Crippen LogP contribution in [-0.4, -0.2) is 0 Å². The molecule has 96 valence electrons. The molecular weight excluding hydrogens is 257 g/mol. The number of nitrogens with two attached hydrogens (primary N) is 1. The summed E-state index contributed by atoms with van der Waals surface area (Å²) in [5, 5.41) is 0.338. The highest BCUT2D eigenvalue weighted by molar-refractivity contribution is 6.30. The number of hydrogen-bond donors (Lipinski definition) is 1. The Morgan fingerprint density at radius 3 is 2.78 bits per heavy atom. The van der Waals surface area contributed by atoms with Crippen LogP contribution in [0.4, 0.5) is 4.39 Å². The summed E-state index contributed by atoms with van der Waals surface area (Å²) >= 11 is 5.66. The number of ether oxygens (including phenoxy) is 1. The second-order valence-electron chi connectivity index (χ2n) is 3.86. The lowest BCUT2D eigenvalue weighted by atomic mass is 10.2. The third-order valence-electron chi connectivity index (χ3n) is 2.55. The molecule has 0 amide bonds. The van der Waals surface area contributed by atoms with Crippen LogP contribution in [0.15, 0.2) is 28.7 Å². The number of benzene rings is 1. The molecule has 5 heteroatoms. The van der Waals surface area contributed by atoms with Gasteiger partial charge in [-0.2, -0.15) is 0 Å². The van der Waals surface area contributed by atoms with E-state index in [2.05, 4.69) is 0 Å². The monoisotopic (exact) mass is 269 g/mol. The van der Waals surface area contributed by atoms with Gasteiger partial charge in [-0.3, -0.25) is 0 Å². The van der Waals surface area contributed by atoms with Crippen molar-refractivity contribution in [1.29, 1.82) is 0 Å². The molecule has 0 radical (unpaired) electrons. The predicted octanol–water partition coefficient (Wildman–Crippen LogP) is 3.42. The molecule has 0 unspecified atom stereocenters. The highest BCUT2D eigenvalue weighted by Crippen LogP contribution is 2.23. The van der Waals surface area contributed by atoms with Crippen molar-refractivity contribution in [3.63, 3.8) is 0 Å². The van der Waals surface area contributed by atoms with Gasteiger partial charge in [-0.05, 0) is 31.2 Å². The number of hydrogen-bond acceptors (Lipinski definition) is 3. The summed E-state index contributed by atoms with van der Waals surface area (Å²) in [5.74, 6) is 1.09. The van der Waals surface area contributed by atoms with Crippen LogP contribution in [0.5, 0.6) is 5.75 Å². The molecule has 0 saturated heterocycles. The van der Waals surface area contributed by atoms with Crippen molar-refractivity contribution in [2.24, 2.45) is 5.73 Å². The summed E-state index contributed by atoms with van der Waals surface area (Å²) in [7, 11) is 0. The second kappa shape index (κ2) is 5.42. The molecule has 3 nitrogen and oxygen atoms in total. The lowest BCUT2D eigenvalue weighted by Crippen LogP contribution is -1.97. The molecule has 2 aromatic rings. The zero-order chi connectivity index (χ0) is 13.1. The van der Waals surface area contributed by atoms with E-state index in [-0.39, 0.29) is 12.4 Å². The maximum atomic E-state index is 13.5. The maximum Gasteiger partial charge on any atom is 0.166 e. The Morgan fingerprint density at radius 2 is 2.17 bits per heavy atom. The van der Waals surface area contributed by atoms with Crippen LogP contribution in [0.2, 0.25) is 5.02 Å². The molecule has 1 aromatic carbocycles. The Hall–Kier alpha value is -1.52. The Morgan fingerprint density at radius 1 is 1.39 bits per heavy atom. The van der Waals surface area contributed by atoms with E-state index >= 15 is 0 Å². The topological polar surface area (TPSA) is 48.4 Å². The molecule has 2 rings (SSSR count). The largest absolute Gasteiger partial charge is 0.486 e. The molecule has 2 N–H and O–H groups in total. The van der Waals surface area contributed by atoms with Gasteiger partial charge in [-0.1, -0.05) is 11.6 Å². The van der Waals surface area contributed by atoms with Crippen LogP contribution in [0.1, 0.15) is 17.1 Å². The molecule has 0 fully saturated rings. The highest BCUT2D eigenvalue weighted by Gasteiger charge is 2.09. The summed E-state index contributed by atoms with van der Waals surface area (Å²) in [5.41, 5.74) is 6.32. The highest BCUT2D eigenvalue weighted by atomic mass is 35.5. The Balaban J connectivity index is 2.08. The van der Waals surface area contributed by atoms with Crippen LogP contribution >= 0.6 is 11.6 Å². The smallest absolute Gasteiger partial charge is 0.166 e. The van der Waals surface area contributed by atoms with E-state index in [9.17, 15) is 4.39 Å². The average Bonchev–Trinajstić information content (AvgIpc) is 2.69. The minimum absolute atomic E-state index is 0.161. The fourth-order valence-electron chi connectivity index (χ4n) is 1.58. The van der Waals surface area contributed by atoms with Crippen molar-refractivity contribution < 1.29 is 13.5 Å². The van der Waals surface area contributed by atoms with Crippen LogP contribution in [-0.2, 0) is 13.2 Å². The first-order valence-corrected chi connectivity index (χ1v) is 5.84. The Kier molecular flexibility index (Phi) is 3.89. The maximum absolute atomic E-state index is 13.5. The number of aryl methyl sites for hydroxylation is 1. The van der Waals surface area contributed by atoms with Gasteiger partial charge in [-0.15, -0.1) is 0 Å². The minimum Gasteiger partial charge on any atom is -0.486 e. The van der Waals surface area contributed by atoms with Gasteiger partial charge in [0.15, 0.2) is 11.6 Å². The van der Waals surface area contributed by atoms with E-state index in [0.29, 0.717) is 17.3 Å². The van der Waals surface area contributed by atoms with E-state index in [1.807, 2.05) is 13.0 Å². The van der Waals surface area contributed by atoms with E-state index in [1.165, 1.54) is 12.1 Å². The summed E-state index contributed by atoms with van der Waals surface area (Å²) in [6.45, 7) is 2.38. The molecule has 0 aliphatic carbocycles. The number of furan rings is 1. The first kappa shape index (κ1) is 12.9. The summed E-state index contributed by atoms with van der Waals surface area (Å²) < 4.78 is 24.2. The van der Waals surface area contributed by atoms with E-state index in [1.54, 1.807) is 6.07 Å². The fourth-order valence-corrected chi connectivity index (χ4v) is 1.74. The SMILES string of the molecule is Cc1oc(CN)cc1COc1ccc(Cl)cc1F. The van der Waals surface area contributed by atoms with E-state index in [4.69, 9.17) is 26.5 Å². The van der Waals surface area contributed by atoms with Crippen LogP contribution in [0, 0.1) is 12.7 Å². The normalized spacial score (nSPS) is 10.7. The summed E-state index contributed by atoms with van der Waals surface area (Å²) in [6, 6.07) is 6.10. The first-order chi connectivity index (χ1) is 8.60. The van der Waals surface area contributed by atoms with E-state index in [0.717, 1.165) is 11.3 Å². The van der Waals surface area contributed by atoms with Crippen molar-refractivity contribution in [3.05, 3.63) is 52.2 Å². The van der Waals surface area contributed by atoms with Crippen LogP contribution < -0.4 is 10.5 Å². The van der Waals surface area contributed by atoms with Crippen molar-refractivity contribution >= 4 is 11.6 Å². The van der Waals surface area contributed by atoms with Crippen molar-refractivity contribution in [1.82, 2.24) is 0 Å². The molecule has 0 atom stereocenters. The second-order valence-corrected chi connectivity index (χ2v) is 4.30. The Labute approximate surface area is 109 Å². The lowest BCUT2D eigenvalue weighted by Gasteiger charge is -2.06. The minimum atomic E-state index is -0.484. The van der Waals surface area contributed by atoms with Gasteiger partial charge >= 0.3 is 0 Å². The third kappa shape index (κ3) is 2.83. The molecule has 0 aliphatic heterocycles. The molecule has 0 saturated carbocycles. The van der Waals surface area contributed by atoms with Gasteiger partial charge in [0.2, 0.25) is 0 Å². The molecular formula is C13H13ClFNO2. The summed E-state index contributed by atoms with van der Waals surface area (Å²) in [6.07, 6.45) is 0. The lowest BCUT2D eigenvalue weighted by molar-refractivity contribution is 0.287. The molecule has 1 heterocycles. The summed E-state index contributed by atoms with van der Waals surface area (Å²) in [4.78, 5) is 0. The van der Waals surface area contributed by atoms with Gasteiger partial charge in [0, 0.05) is 10.6 Å². The van der Waals surface area contributed by atoms with Gasteiger partial charge in [-0.25, -0.2) is 4.39 Å². The Bertz CT molecular complexity index is 554. The van der Waals surface area contributed by atoms with Crippen LogP contribution in [0.25, 0.3) is 0 Å². The zero-order valence-electron chi connectivity index (χ0n) is 9.87. The molecule has 0 bridgehead atoms. The fraction of sp³-hybridized carbons (Fsp3) is 0.231. The van der Waals surface area contributed by atoms with Gasteiger partial charge in [0.1, 0.15) is 18.1 Å². The molecule has 0 aliphatic rings. The van der Waals surface area contributed by atoms with E-state index < -0.39 is 5.82 Å². The zero-order valence-corrected chi connectivity index (χ0v) is 10.6. The van der Waals surface area contributed by atoms with Crippen molar-refractivity contribution in [2.75, 3.05) is 0 Å². The number of rotatable bonds is 4. The molecule has 0 spiro atoms. The average molecular weight is 270 g/mol. The van der Waals surface area contributed by atoms with Gasteiger partial charge < -0.3 is 14.9 Å². The molecule has 18 heavy (non-hydrogen) atoms. The van der Waals surface area contributed by atoms with Crippen LogP contribution in [0.3, 0.4) is 0 Å². The van der Waals surface area contributed by atoms with Gasteiger partial charge in [0.25, 0.3) is 0 Å². The number of halogens is 2. The van der Waals surface area contributed by atoms with Crippen molar-refractivity contribution in [2.45, 2.75) is 20.1 Å². The quantitative estimate of drug-likeness (QED) is 0.925. The molecule has 1 aromatic heterocycles.